The summed E-state index contributed by atoms with van der Waals surface area (Å²) in [5.41, 5.74) is 3.03. The fraction of sp³-hybridized carbons (Fsp3) is 0.353. The van der Waals surface area contributed by atoms with Crippen molar-refractivity contribution >= 4 is 38.4 Å². The molecule has 0 radical (unpaired) electrons. The topological polar surface area (TPSA) is 121 Å². The van der Waals surface area contributed by atoms with Crippen LogP contribution in [0.3, 0.4) is 0 Å². The fourth-order valence-corrected chi connectivity index (χ4v) is 7.00. The summed E-state index contributed by atoms with van der Waals surface area (Å²) in [7, 11) is -0.329. The minimum Gasteiger partial charge on any atom is -0.488 e. The molecule has 1 aromatic heterocycles. The van der Waals surface area contributed by atoms with E-state index in [1.807, 2.05) is 49.0 Å². The van der Waals surface area contributed by atoms with Gasteiger partial charge in [-0.15, -0.1) is 0 Å². The van der Waals surface area contributed by atoms with Crippen LogP contribution in [0.15, 0.2) is 83.9 Å². The summed E-state index contributed by atoms with van der Waals surface area (Å²) in [6.07, 6.45) is 1.51. The van der Waals surface area contributed by atoms with E-state index in [-0.39, 0.29) is 55.2 Å². The molecule has 4 aromatic rings. The van der Waals surface area contributed by atoms with Crippen molar-refractivity contribution in [2.24, 2.45) is 13.0 Å². The third-order valence-corrected chi connectivity index (χ3v) is 10.3. The van der Waals surface area contributed by atoms with E-state index in [1.165, 1.54) is 11.4 Å². The zero-order valence-electron chi connectivity index (χ0n) is 26.0. The predicted octanol–water partition coefficient (Wildman–Crippen LogP) is 3.83. The monoisotopic (exact) mass is 632 g/mol. The number of aliphatic hydroxyl groups excluding tert-OH is 1. The van der Waals surface area contributed by atoms with Gasteiger partial charge in [0.1, 0.15) is 11.9 Å². The second-order valence-electron chi connectivity index (χ2n) is 11.8. The first-order chi connectivity index (χ1) is 21.5. The minimum absolute atomic E-state index is 0.00962. The molecule has 45 heavy (non-hydrogen) atoms. The van der Waals surface area contributed by atoms with Crippen LogP contribution < -0.4 is 10.1 Å². The van der Waals surface area contributed by atoms with Gasteiger partial charge in [-0.2, -0.15) is 4.31 Å². The molecule has 1 aliphatic rings. The second kappa shape index (κ2) is 13.4. The number of nitrogens with one attached hydrogen (secondary N) is 1. The Labute approximate surface area is 264 Å². The first-order valence-electron chi connectivity index (χ1n) is 15.0. The van der Waals surface area contributed by atoms with Gasteiger partial charge < -0.3 is 24.6 Å². The van der Waals surface area contributed by atoms with Crippen molar-refractivity contribution in [1.82, 2.24) is 13.8 Å². The Morgan fingerprint density at radius 3 is 2.56 bits per heavy atom. The molecule has 0 unspecified atom stereocenters. The van der Waals surface area contributed by atoms with Crippen LogP contribution >= 0.6 is 0 Å². The van der Waals surface area contributed by atoms with Crippen LogP contribution in [-0.2, 0) is 39.5 Å². The van der Waals surface area contributed by atoms with Crippen LogP contribution in [0, 0.1) is 5.92 Å². The number of anilines is 1. The zero-order valence-corrected chi connectivity index (χ0v) is 26.8. The van der Waals surface area contributed by atoms with Crippen molar-refractivity contribution in [3.8, 4) is 5.75 Å². The minimum atomic E-state index is -3.79. The normalized spacial score (nSPS) is 18.1. The summed E-state index contributed by atoms with van der Waals surface area (Å²) < 4.78 is 36.4. The van der Waals surface area contributed by atoms with Crippen LogP contribution in [0.25, 0.3) is 10.9 Å². The van der Waals surface area contributed by atoms with Gasteiger partial charge in [0.2, 0.25) is 21.8 Å². The largest absolute Gasteiger partial charge is 0.488 e. The second-order valence-corrected chi connectivity index (χ2v) is 13.9. The van der Waals surface area contributed by atoms with E-state index < -0.39 is 22.2 Å². The number of amides is 2. The molecule has 3 aromatic carbocycles. The lowest BCUT2D eigenvalue weighted by atomic mass is 10.0. The molecule has 5 rings (SSSR count). The Kier molecular flexibility index (Phi) is 9.62. The quantitative estimate of drug-likeness (QED) is 0.290. The van der Waals surface area contributed by atoms with Gasteiger partial charge in [-0.3, -0.25) is 9.59 Å². The lowest BCUT2D eigenvalue weighted by molar-refractivity contribution is -0.134. The van der Waals surface area contributed by atoms with Crippen LogP contribution in [0.2, 0.25) is 0 Å². The van der Waals surface area contributed by atoms with E-state index >= 15 is 0 Å². The Morgan fingerprint density at radius 2 is 1.82 bits per heavy atom. The molecule has 2 N–H and O–H groups in total. The number of aromatic nitrogens is 1. The number of aliphatic hydroxyl groups is 1. The number of likely N-dealkylation sites (N-methyl/N-ethyl adjacent to an activating group) is 1. The van der Waals surface area contributed by atoms with Gasteiger partial charge in [-0.05, 0) is 48.9 Å². The van der Waals surface area contributed by atoms with Gasteiger partial charge in [-0.1, -0.05) is 43.3 Å². The maximum Gasteiger partial charge on any atom is 0.242 e. The molecule has 0 aliphatic carbocycles. The summed E-state index contributed by atoms with van der Waals surface area (Å²) in [4.78, 5) is 28.5. The van der Waals surface area contributed by atoms with E-state index in [9.17, 15) is 23.1 Å². The summed E-state index contributed by atoms with van der Waals surface area (Å²) in [5.74, 6) is -0.228. The molecule has 0 saturated heterocycles. The number of para-hydroxylation sites is 1. The number of rotatable bonds is 9. The highest BCUT2D eigenvalue weighted by molar-refractivity contribution is 7.89. The molecule has 10 nitrogen and oxygen atoms in total. The number of benzene rings is 3. The van der Waals surface area contributed by atoms with Crippen molar-refractivity contribution in [3.63, 3.8) is 0 Å². The molecule has 2 amide bonds. The van der Waals surface area contributed by atoms with Crippen LogP contribution in [0.4, 0.5) is 5.69 Å². The SMILES string of the molecule is C[C@@H]1CN([C@@H](C)CO)C(=O)Cc2cc(NC(=O)Cc3cn(C)c4ccccc34)ccc2O[C@H]1CN(C)S(=O)(=O)c1ccccc1. The van der Waals surface area contributed by atoms with Gasteiger partial charge in [0.25, 0.3) is 0 Å². The predicted molar refractivity (Wildman–Crippen MR) is 173 cm³/mol. The Morgan fingerprint density at radius 1 is 1.11 bits per heavy atom. The van der Waals surface area contributed by atoms with E-state index in [2.05, 4.69) is 5.32 Å². The van der Waals surface area contributed by atoms with Crippen molar-refractivity contribution in [2.45, 2.75) is 43.7 Å². The molecule has 238 valence electrons. The van der Waals surface area contributed by atoms with Crippen molar-refractivity contribution < 1.29 is 27.9 Å². The summed E-state index contributed by atoms with van der Waals surface area (Å²) in [5, 5.41) is 13.9. The number of fused-ring (bicyclic) bond motifs is 2. The third kappa shape index (κ3) is 7.06. The Bertz CT molecular complexity index is 1790. The molecule has 0 bridgehead atoms. The van der Waals surface area contributed by atoms with Crippen LogP contribution in [0.1, 0.15) is 25.0 Å². The zero-order chi connectivity index (χ0) is 32.3. The van der Waals surface area contributed by atoms with Gasteiger partial charge in [-0.25, -0.2) is 8.42 Å². The van der Waals surface area contributed by atoms with E-state index in [0.717, 1.165) is 16.5 Å². The maximum atomic E-state index is 13.6. The molecule has 3 atom stereocenters. The van der Waals surface area contributed by atoms with Gasteiger partial charge in [0.15, 0.2) is 0 Å². The Hall–Kier alpha value is -4.19. The summed E-state index contributed by atoms with van der Waals surface area (Å²) >= 11 is 0. The molecule has 0 saturated carbocycles. The highest BCUT2D eigenvalue weighted by Crippen LogP contribution is 2.30. The van der Waals surface area contributed by atoms with Crippen molar-refractivity contribution in [2.75, 3.05) is 32.1 Å². The molecular weight excluding hydrogens is 592 g/mol. The van der Waals surface area contributed by atoms with Crippen molar-refractivity contribution in [1.29, 1.82) is 0 Å². The molecule has 0 fully saturated rings. The standard InChI is InChI=1S/C34H40N4O6S/c1-23-19-38(24(2)22-39)34(41)18-25-16-27(35-33(40)17-26-20-36(3)30-13-9-8-12-29(26)30)14-15-31(25)44-32(23)21-37(4)45(42,43)28-10-6-5-7-11-28/h5-16,20,23-24,32,39H,17-19,21-22H2,1-4H3,(H,35,40)/t23-,24+,32+/m1/s1. The van der Waals surface area contributed by atoms with Gasteiger partial charge in [0, 0.05) is 54.9 Å². The van der Waals surface area contributed by atoms with E-state index in [0.29, 0.717) is 17.0 Å². The average molecular weight is 633 g/mol. The first kappa shape index (κ1) is 32.2. The number of hydrogen-bond donors (Lipinski definition) is 2. The lowest BCUT2D eigenvalue weighted by Gasteiger charge is -2.33. The number of ether oxygens (including phenoxy) is 1. The third-order valence-electron chi connectivity index (χ3n) is 8.42. The van der Waals surface area contributed by atoms with Crippen LogP contribution in [-0.4, -0.2) is 78.0 Å². The number of nitrogens with zero attached hydrogens (tertiary/aromatic N) is 3. The number of carbonyl (C=O) groups excluding carboxylic acids is 2. The van der Waals surface area contributed by atoms with E-state index in [4.69, 9.17) is 4.74 Å². The number of hydrogen-bond acceptors (Lipinski definition) is 6. The number of carbonyl (C=O) groups is 2. The molecular formula is C34H40N4O6S. The maximum absolute atomic E-state index is 13.6. The van der Waals surface area contributed by atoms with Crippen molar-refractivity contribution in [3.05, 3.63) is 90.1 Å². The molecule has 2 heterocycles. The number of sulfonamides is 1. The molecule has 0 spiro atoms. The van der Waals surface area contributed by atoms with Gasteiger partial charge >= 0.3 is 0 Å². The smallest absolute Gasteiger partial charge is 0.242 e. The van der Waals surface area contributed by atoms with Crippen LogP contribution in [0.5, 0.6) is 5.75 Å². The highest BCUT2D eigenvalue weighted by Gasteiger charge is 2.33. The fourth-order valence-electron chi connectivity index (χ4n) is 5.79. The summed E-state index contributed by atoms with van der Waals surface area (Å²) in [6, 6.07) is 20.8. The number of aryl methyl sites for hydroxylation is 1. The van der Waals surface area contributed by atoms with Gasteiger partial charge in [0.05, 0.1) is 36.9 Å². The summed E-state index contributed by atoms with van der Waals surface area (Å²) in [6.45, 7) is 3.77. The molecule has 11 heteroatoms. The average Bonchev–Trinajstić information content (AvgIpc) is 3.36. The lowest BCUT2D eigenvalue weighted by Crippen LogP contribution is -2.48. The van der Waals surface area contributed by atoms with E-state index in [1.54, 1.807) is 60.4 Å². The first-order valence-corrected chi connectivity index (χ1v) is 16.5. The highest BCUT2D eigenvalue weighted by atomic mass is 32.2. The molecule has 1 aliphatic heterocycles. The Balaban J connectivity index is 1.41.